The molecule has 0 aliphatic carbocycles. The summed E-state index contributed by atoms with van der Waals surface area (Å²) in [5, 5.41) is 22.7. The number of nitrogens with one attached hydrogen (secondary N) is 1. The molecule has 2 aliphatic rings. The van der Waals surface area contributed by atoms with Crippen molar-refractivity contribution in [2.45, 2.75) is 62.9 Å². The van der Waals surface area contributed by atoms with E-state index in [9.17, 15) is 13.9 Å². The van der Waals surface area contributed by atoms with Crippen LogP contribution in [0.4, 0.5) is 8.78 Å². The van der Waals surface area contributed by atoms with E-state index in [1.165, 1.54) is 17.4 Å². The minimum atomic E-state index is -3.05. The summed E-state index contributed by atoms with van der Waals surface area (Å²) in [6.45, 7) is 3.56. The van der Waals surface area contributed by atoms with Crippen molar-refractivity contribution in [1.29, 1.82) is 0 Å². The van der Waals surface area contributed by atoms with Gasteiger partial charge >= 0.3 is 0 Å². The van der Waals surface area contributed by atoms with Crippen LogP contribution < -0.4 is 5.32 Å². The fourth-order valence-corrected chi connectivity index (χ4v) is 6.45. The third-order valence-electron chi connectivity index (χ3n) is 6.52. The lowest BCUT2D eigenvalue weighted by Gasteiger charge is -2.47. The fourth-order valence-electron chi connectivity index (χ4n) is 5.00. The van der Waals surface area contributed by atoms with Crippen molar-refractivity contribution in [2.24, 2.45) is 0 Å². The number of rotatable bonds is 4. The van der Waals surface area contributed by atoms with Crippen molar-refractivity contribution in [2.75, 3.05) is 6.61 Å². The van der Waals surface area contributed by atoms with Crippen LogP contribution >= 0.6 is 22.9 Å². The normalized spacial score (nSPS) is 27.5. The van der Waals surface area contributed by atoms with Gasteiger partial charge in [0.1, 0.15) is 12.2 Å². The number of aliphatic hydroxyl groups excluding tert-OH is 1. The average Bonchev–Trinajstić information content (AvgIpc) is 3.39. The number of aliphatic hydroxyl groups is 1. The zero-order valence-electron chi connectivity index (χ0n) is 18.3. The van der Waals surface area contributed by atoms with E-state index in [1.54, 1.807) is 10.9 Å². The number of alkyl halides is 2. The molecular formula is C23H25ClF2N4O2S. The number of ether oxygens (including phenoxy) is 1. The molecule has 3 aromatic rings. The van der Waals surface area contributed by atoms with Crippen LogP contribution in [-0.4, -0.2) is 32.7 Å². The Morgan fingerprint density at radius 1 is 1.36 bits per heavy atom. The van der Waals surface area contributed by atoms with Crippen LogP contribution in [0.5, 0.6) is 0 Å². The molecule has 1 spiro atoms. The van der Waals surface area contributed by atoms with Gasteiger partial charge < -0.3 is 15.2 Å². The highest BCUT2D eigenvalue weighted by molar-refractivity contribution is 7.16. The Morgan fingerprint density at radius 2 is 2.15 bits per heavy atom. The maximum atomic E-state index is 14.5. The third-order valence-corrected chi connectivity index (χ3v) is 7.97. The second-order valence-electron chi connectivity index (χ2n) is 9.05. The van der Waals surface area contributed by atoms with E-state index < -0.39 is 24.2 Å². The third kappa shape index (κ3) is 4.21. The Balaban J connectivity index is 1.39. The molecule has 33 heavy (non-hydrogen) atoms. The summed E-state index contributed by atoms with van der Waals surface area (Å²) in [4.78, 5) is 0.504. The first-order valence-corrected chi connectivity index (χ1v) is 12.1. The maximum Gasteiger partial charge on any atom is 0.297 e. The molecule has 6 nitrogen and oxygen atoms in total. The molecule has 2 N–H and O–H groups in total. The summed E-state index contributed by atoms with van der Waals surface area (Å²) in [5.41, 5.74) is 1.65. The number of halogens is 3. The highest BCUT2D eigenvalue weighted by Crippen LogP contribution is 2.54. The van der Waals surface area contributed by atoms with Gasteiger partial charge in [-0.1, -0.05) is 41.1 Å². The van der Waals surface area contributed by atoms with E-state index in [2.05, 4.69) is 15.6 Å². The van der Waals surface area contributed by atoms with Gasteiger partial charge in [-0.25, -0.2) is 4.68 Å². The molecule has 1 saturated heterocycles. The van der Waals surface area contributed by atoms with Crippen molar-refractivity contribution < 1.29 is 18.6 Å². The molecule has 0 radical (unpaired) electrons. The molecular weight excluding hydrogens is 470 g/mol. The van der Waals surface area contributed by atoms with Crippen LogP contribution in [0, 0.1) is 6.92 Å². The lowest BCUT2D eigenvalue weighted by Crippen LogP contribution is -2.51. The van der Waals surface area contributed by atoms with E-state index in [0.717, 1.165) is 11.1 Å². The van der Waals surface area contributed by atoms with Crippen molar-refractivity contribution in [1.82, 2.24) is 20.3 Å². The van der Waals surface area contributed by atoms with E-state index in [4.69, 9.17) is 16.3 Å². The van der Waals surface area contributed by atoms with E-state index in [0.29, 0.717) is 27.7 Å². The van der Waals surface area contributed by atoms with Crippen molar-refractivity contribution in [3.8, 4) is 0 Å². The first-order chi connectivity index (χ1) is 15.7. The summed E-state index contributed by atoms with van der Waals surface area (Å²) in [6, 6.07) is 8.81. The number of nitrogens with zero attached hydrogens (tertiary/aromatic N) is 3. The lowest BCUT2D eigenvalue weighted by molar-refractivity contribution is -0.183. The number of thiophene rings is 1. The molecule has 5 rings (SSSR count). The molecule has 176 valence electrons. The number of aromatic nitrogens is 3. The Kier molecular flexibility index (Phi) is 5.81. The standard InChI is InChI=1S/C23H25ClF2N4O2S/c1-13-5-3-4-6-15(13)19(31)11-30-10-18(28-29-30)17-9-22(8-14(2)27-17)21-16(7-20(24)33-21)23(25,26)12-32-22/h3-7,10,14,17,19,27,31H,8-9,11-12H2,1-2H3/t14-,17-,19?,22-/m0/s1. The van der Waals surface area contributed by atoms with Gasteiger partial charge in [0.15, 0.2) is 0 Å². The number of fused-ring (bicyclic) bond motifs is 2. The first kappa shape index (κ1) is 22.9. The molecule has 4 atom stereocenters. The molecule has 0 bridgehead atoms. The van der Waals surface area contributed by atoms with Gasteiger partial charge in [-0.15, -0.1) is 16.4 Å². The van der Waals surface area contributed by atoms with Gasteiger partial charge in [-0.05, 0) is 37.5 Å². The monoisotopic (exact) mass is 494 g/mol. The smallest absolute Gasteiger partial charge is 0.297 e. The number of hydrogen-bond donors (Lipinski definition) is 2. The van der Waals surface area contributed by atoms with E-state index in [-0.39, 0.29) is 24.2 Å². The zero-order valence-corrected chi connectivity index (χ0v) is 19.8. The SMILES string of the molecule is Cc1ccccc1C(O)Cn1cc([C@@H]2C[C@]3(C[C@H](C)N2)OCC(F)(F)c2cc(Cl)sc23)nn1. The van der Waals surface area contributed by atoms with Gasteiger partial charge in [0, 0.05) is 22.9 Å². The predicted octanol–water partition coefficient (Wildman–Crippen LogP) is 4.87. The number of aryl methyl sites for hydroxylation is 1. The highest BCUT2D eigenvalue weighted by Gasteiger charge is 2.53. The Hall–Kier alpha value is -1.91. The lowest BCUT2D eigenvalue weighted by atomic mass is 9.78. The largest absolute Gasteiger partial charge is 0.386 e. The number of benzene rings is 1. The summed E-state index contributed by atoms with van der Waals surface area (Å²) >= 11 is 7.32. The van der Waals surface area contributed by atoms with Crippen LogP contribution in [0.15, 0.2) is 36.5 Å². The molecule has 2 aliphatic heterocycles. The molecule has 1 unspecified atom stereocenters. The van der Waals surface area contributed by atoms with Crippen LogP contribution in [0.2, 0.25) is 4.34 Å². The maximum absolute atomic E-state index is 14.5. The quantitative estimate of drug-likeness (QED) is 0.541. The first-order valence-electron chi connectivity index (χ1n) is 10.9. The van der Waals surface area contributed by atoms with Crippen molar-refractivity contribution in [3.05, 3.63) is 68.1 Å². The Morgan fingerprint density at radius 3 is 2.94 bits per heavy atom. The molecule has 1 fully saturated rings. The van der Waals surface area contributed by atoms with Gasteiger partial charge in [-0.2, -0.15) is 8.78 Å². The van der Waals surface area contributed by atoms with Crippen LogP contribution in [0.1, 0.15) is 59.2 Å². The van der Waals surface area contributed by atoms with Crippen LogP contribution in [0.3, 0.4) is 0 Å². The summed E-state index contributed by atoms with van der Waals surface area (Å²) in [7, 11) is 0. The molecule has 2 aromatic heterocycles. The summed E-state index contributed by atoms with van der Waals surface area (Å²) in [5.74, 6) is -3.05. The van der Waals surface area contributed by atoms with Gasteiger partial charge in [0.05, 0.1) is 34.9 Å². The van der Waals surface area contributed by atoms with E-state index in [1.807, 2.05) is 38.1 Å². The zero-order chi connectivity index (χ0) is 23.4. The van der Waals surface area contributed by atoms with Crippen LogP contribution in [0.25, 0.3) is 0 Å². The molecule has 4 heterocycles. The summed E-state index contributed by atoms with van der Waals surface area (Å²) < 4.78 is 36.9. The summed E-state index contributed by atoms with van der Waals surface area (Å²) in [6.07, 6.45) is 2.08. The van der Waals surface area contributed by atoms with Crippen molar-refractivity contribution >= 4 is 22.9 Å². The van der Waals surface area contributed by atoms with E-state index >= 15 is 0 Å². The Bertz CT molecular complexity index is 1170. The van der Waals surface area contributed by atoms with Crippen LogP contribution in [-0.2, 0) is 22.8 Å². The second-order valence-corrected chi connectivity index (χ2v) is 10.7. The van der Waals surface area contributed by atoms with Gasteiger partial charge in [0.2, 0.25) is 0 Å². The fraction of sp³-hybridized carbons (Fsp3) is 0.478. The second kappa shape index (κ2) is 8.39. The number of hydrogen-bond acceptors (Lipinski definition) is 6. The molecule has 0 amide bonds. The minimum Gasteiger partial charge on any atom is -0.386 e. The number of piperidine rings is 1. The van der Waals surface area contributed by atoms with Gasteiger partial charge in [0.25, 0.3) is 5.92 Å². The molecule has 0 saturated carbocycles. The predicted molar refractivity (Wildman–Crippen MR) is 122 cm³/mol. The highest BCUT2D eigenvalue weighted by atomic mass is 35.5. The van der Waals surface area contributed by atoms with Crippen molar-refractivity contribution in [3.63, 3.8) is 0 Å². The molecule has 1 aromatic carbocycles. The van der Waals surface area contributed by atoms with Gasteiger partial charge in [-0.3, -0.25) is 0 Å². The topological polar surface area (TPSA) is 72.2 Å². The Labute approximate surface area is 199 Å². The molecule has 10 heteroatoms. The minimum absolute atomic E-state index is 0.00639. The average molecular weight is 495 g/mol.